The van der Waals surface area contributed by atoms with Gasteiger partial charge in [-0.25, -0.2) is 0 Å². The largest absolute Gasteiger partial charge is 0.497 e. The van der Waals surface area contributed by atoms with Gasteiger partial charge in [0.05, 0.1) is 26.6 Å². The Kier molecular flexibility index (Phi) is 5.87. The summed E-state index contributed by atoms with van der Waals surface area (Å²) in [6.45, 7) is 4.79. The Labute approximate surface area is 176 Å². The van der Waals surface area contributed by atoms with Gasteiger partial charge >= 0.3 is 0 Å². The zero-order chi connectivity index (χ0) is 20.2. The summed E-state index contributed by atoms with van der Waals surface area (Å²) in [5.74, 6) is 1.72. The summed E-state index contributed by atoms with van der Waals surface area (Å²) < 4.78 is 15.5. The highest BCUT2D eigenvalue weighted by Gasteiger charge is 2.18. The van der Waals surface area contributed by atoms with Crippen LogP contribution >= 0.6 is 12.2 Å². The van der Waals surface area contributed by atoms with Crippen LogP contribution in [0.15, 0.2) is 60.9 Å². The van der Waals surface area contributed by atoms with E-state index in [2.05, 4.69) is 32.7 Å². The van der Waals surface area contributed by atoms with Crippen molar-refractivity contribution in [2.75, 3.05) is 45.3 Å². The van der Waals surface area contributed by atoms with E-state index in [1.807, 2.05) is 47.2 Å². The van der Waals surface area contributed by atoms with Crippen molar-refractivity contribution >= 4 is 17.9 Å². The van der Waals surface area contributed by atoms with Crippen LogP contribution in [0, 0.1) is 4.77 Å². The lowest BCUT2D eigenvalue weighted by Gasteiger charge is -2.36. The normalized spacial score (nSPS) is 14.8. The Hall–Kier alpha value is -2.77. The van der Waals surface area contributed by atoms with Gasteiger partial charge in [-0.2, -0.15) is 0 Å². The monoisotopic (exact) mass is 410 g/mol. The van der Waals surface area contributed by atoms with Gasteiger partial charge in [-0.3, -0.25) is 9.47 Å². The molecule has 7 heteroatoms. The van der Waals surface area contributed by atoms with Crippen molar-refractivity contribution < 1.29 is 9.47 Å². The topological polar surface area (TPSA) is 34.8 Å². The SMILES string of the molecule is COc1ccc(N2CCN(Cn3ccn(-c4cccc(OC)c4)c3=S)CC2)cc1. The molecule has 0 saturated carbocycles. The Morgan fingerprint density at radius 3 is 2.24 bits per heavy atom. The molecule has 0 unspecified atom stereocenters. The first-order chi connectivity index (χ1) is 14.2. The van der Waals surface area contributed by atoms with E-state index in [9.17, 15) is 0 Å². The number of hydrogen-bond acceptors (Lipinski definition) is 5. The quantitative estimate of drug-likeness (QED) is 0.578. The zero-order valence-corrected chi connectivity index (χ0v) is 17.6. The molecule has 4 rings (SSSR count). The summed E-state index contributed by atoms with van der Waals surface area (Å²) >= 11 is 5.71. The lowest BCUT2D eigenvalue weighted by atomic mass is 10.2. The number of piperazine rings is 1. The first-order valence-corrected chi connectivity index (χ1v) is 10.1. The van der Waals surface area contributed by atoms with E-state index in [-0.39, 0.29) is 0 Å². The Bertz CT molecular complexity index is 1000. The number of nitrogens with zero attached hydrogens (tertiary/aromatic N) is 4. The third-order valence-electron chi connectivity index (χ3n) is 5.34. The summed E-state index contributed by atoms with van der Waals surface area (Å²) in [4.78, 5) is 4.85. The number of anilines is 1. The van der Waals surface area contributed by atoms with Crippen LogP contribution < -0.4 is 14.4 Å². The molecule has 1 aliphatic heterocycles. The maximum absolute atomic E-state index is 5.71. The number of rotatable bonds is 6. The molecule has 152 valence electrons. The molecule has 0 aliphatic carbocycles. The second-order valence-electron chi connectivity index (χ2n) is 7.07. The maximum Gasteiger partial charge on any atom is 0.185 e. The number of benzene rings is 2. The van der Waals surface area contributed by atoms with Crippen LogP contribution in [0.4, 0.5) is 5.69 Å². The molecule has 0 atom stereocenters. The molecule has 6 nitrogen and oxygen atoms in total. The second-order valence-corrected chi connectivity index (χ2v) is 7.43. The van der Waals surface area contributed by atoms with Crippen molar-refractivity contribution in [3.63, 3.8) is 0 Å². The third kappa shape index (κ3) is 4.31. The van der Waals surface area contributed by atoms with Crippen molar-refractivity contribution in [3.05, 3.63) is 65.7 Å². The van der Waals surface area contributed by atoms with Crippen molar-refractivity contribution in [3.8, 4) is 17.2 Å². The zero-order valence-electron chi connectivity index (χ0n) is 16.8. The first kappa shape index (κ1) is 19.5. The second kappa shape index (κ2) is 8.71. The van der Waals surface area contributed by atoms with Crippen LogP contribution in [-0.4, -0.2) is 54.4 Å². The highest BCUT2D eigenvalue weighted by Crippen LogP contribution is 2.21. The van der Waals surface area contributed by atoms with Gasteiger partial charge in [0.25, 0.3) is 0 Å². The van der Waals surface area contributed by atoms with Gasteiger partial charge in [0.2, 0.25) is 0 Å². The van der Waals surface area contributed by atoms with E-state index in [0.717, 1.165) is 54.8 Å². The number of ether oxygens (including phenoxy) is 2. The average Bonchev–Trinajstić information content (AvgIpc) is 3.14. The van der Waals surface area contributed by atoms with Gasteiger partial charge in [0, 0.05) is 50.3 Å². The number of hydrogen-bond donors (Lipinski definition) is 0. The fourth-order valence-corrected chi connectivity index (χ4v) is 3.92. The maximum atomic E-state index is 5.71. The number of methoxy groups -OCH3 is 2. The molecule has 1 aromatic heterocycles. The predicted octanol–water partition coefficient (Wildman–Crippen LogP) is 3.81. The van der Waals surface area contributed by atoms with E-state index in [1.165, 1.54) is 5.69 Å². The third-order valence-corrected chi connectivity index (χ3v) is 5.77. The van der Waals surface area contributed by atoms with Gasteiger partial charge in [0.15, 0.2) is 4.77 Å². The average molecular weight is 411 g/mol. The Morgan fingerprint density at radius 2 is 1.55 bits per heavy atom. The lowest BCUT2D eigenvalue weighted by molar-refractivity contribution is 0.204. The fourth-order valence-electron chi connectivity index (χ4n) is 3.63. The molecule has 3 aromatic rings. The summed E-state index contributed by atoms with van der Waals surface area (Å²) in [6.07, 6.45) is 4.07. The molecule has 0 N–H and O–H groups in total. The van der Waals surface area contributed by atoms with E-state index < -0.39 is 0 Å². The molecule has 0 amide bonds. The molecule has 2 heterocycles. The van der Waals surface area contributed by atoms with Crippen molar-refractivity contribution in [1.82, 2.24) is 14.0 Å². The first-order valence-electron chi connectivity index (χ1n) is 9.71. The van der Waals surface area contributed by atoms with E-state index in [0.29, 0.717) is 0 Å². The summed E-state index contributed by atoms with van der Waals surface area (Å²) in [5.41, 5.74) is 2.25. The van der Waals surface area contributed by atoms with Crippen LogP contribution in [0.1, 0.15) is 0 Å². The van der Waals surface area contributed by atoms with Crippen LogP contribution in [0.5, 0.6) is 11.5 Å². The summed E-state index contributed by atoms with van der Waals surface area (Å²) in [5, 5.41) is 0. The minimum Gasteiger partial charge on any atom is -0.497 e. The lowest BCUT2D eigenvalue weighted by Crippen LogP contribution is -2.46. The Morgan fingerprint density at radius 1 is 0.828 bits per heavy atom. The molecule has 29 heavy (non-hydrogen) atoms. The van der Waals surface area contributed by atoms with Gasteiger partial charge in [-0.15, -0.1) is 0 Å². The summed E-state index contributed by atoms with van der Waals surface area (Å²) in [6, 6.07) is 16.2. The van der Waals surface area contributed by atoms with Crippen molar-refractivity contribution in [2.45, 2.75) is 6.67 Å². The molecule has 1 fully saturated rings. The number of aromatic nitrogens is 2. The minimum absolute atomic E-state index is 0.788. The van der Waals surface area contributed by atoms with Crippen LogP contribution in [-0.2, 0) is 6.67 Å². The van der Waals surface area contributed by atoms with E-state index >= 15 is 0 Å². The van der Waals surface area contributed by atoms with Crippen molar-refractivity contribution in [2.24, 2.45) is 0 Å². The molecule has 0 radical (unpaired) electrons. The van der Waals surface area contributed by atoms with Crippen LogP contribution in [0.3, 0.4) is 0 Å². The highest BCUT2D eigenvalue weighted by atomic mass is 32.1. The summed E-state index contributed by atoms with van der Waals surface area (Å²) in [7, 11) is 3.37. The molecular formula is C22H26N4O2S. The fraction of sp³-hybridized carbons (Fsp3) is 0.318. The number of imidazole rings is 1. The molecule has 0 bridgehead atoms. The van der Waals surface area contributed by atoms with Crippen LogP contribution in [0.25, 0.3) is 5.69 Å². The van der Waals surface area contributed by atoms with Gasteiger partial charge in [-0.05, 0) is 48.6 Å². The molecule has 1 aliphatic rings. The standard InChI is InChI=1S/C22H26N4O2S/c1-27-20-8-6-18(7-9-20)24-12-10-23(11-13-24)17-25-14-15-26(22(25)29)19-4-3-5-21(16-19)28-2/h3-9,14-16H,10-13,17H2,1-2H3. The van der Waals surface area contributed by atoms with E-state index in [1.54, 1.807) is 14.2 Å². The molecular weight excluding hydrogens is 384 g/mol. The van der Waals surface area contributed by atoms with Gasteiger partial charge in [-0.1, -0.05) is 6.07 Å². The molecule has 2 aromatic carbocycles. The molecule has 0 spiro atoms. The van der Waals surface area contributed by atoms with Crippen molar-refractivity contribution in [1.29, 1.82) is 0 Å². The minimum atomic E-state index is 0.788. The Balaban J connectivity index is 1.39. The predicted molar refractivity (Wildman–Crippen MR) is 118 cm³/mol. The smallest absolute Gasteiger partial charge is 0.185 e. The molecule has 1 saturated heterocycles. The van der Waals surface area contributed by atoms with Gasteiger partial charge < -0.3 is 18.9 Å². The van der Waals surface area contributed by atoms with Gasteiger partial charge in [0.1, 0.15) is 11.5 Å². The van der Waals surface area contributed by atoms with E-state index in [4.69, 9.17) is 21.7 Å². The highest BCUT2D eigenvalue weighted by molar-refractivity contribution is 7.71. The van der Waals surface area contributed by atoms with Crippen LogP contribution in [0.2, 0.25) is 0 Å².